The summed E-state index contributed by atoms with van der Waals surface area (Å²) in [5, 5.41) is 25.6. The molecule has 0 aliphatic carbocycles. The Hall–Kier alpha value is -7.26. The number of urea groups is 1. The van der Waals surface area contributed by atoms with E-state index in [1.54, 1.807) is 52.0 Å². The standard InChI is InChI=1S/C61H84BrClN8O17/c1-33(2)51(68-48(72)21-14-13-15-25-85-56(77)35(4)32-62)54(75)67-41(19-17-24-65-58(64)79)53(74)66-39-22-23-40(43(29-39)82-10)55(76)70(8)37(6)57(78)87-47-30-49(73)71(9)42-27-38(28-44(83-11)50(42)63)26-34(3)18-16-20-46(84-12)61(81)31-45(86-59(80)69-61)36(5)52-60(47,7)88-52/h16,18,20,22-23,27-29,33,36-37,41,45-47,51-52,81H,4,13-15,17,19,21,24-26,30-32H2,1-3,5-12H3,(H,66,74)(H,67,75)(H,68,72)(H,69,80)(H3,64,65,79)/b20-16+,34-18+/t36-,37+,41+,45+,46-,47+,51+,52+,60+,61+/m1/s1. The molecule has 2 fully saturated rings. The molecule has 88 heavy (non-hydrogen) atoms. The van der Waals surface area contributed by atoms with E-state index >= 15 is 0 Å². The molecule has 3 heterocycles. The highest BCUT2D eigenvalue weighted by Gasteiger charge is 2.64. The fourth-order valence-corrected chi connectivity index (χ4v) is 10.8. The van der Waals surface area contributed by atoms with Crippen LogP contribution in [0.4, 0.5) is 21.0 Å². The van der Waals surface area contributed by atoms with Gasteiger partial charge in [0.25, 0.3) is 5.91 Å². The quantitative estimate of drug-likeness (QED) is 0.0152. The number of ether oxygens (including phenoxy) is 7. The van der Waals surface area contributed by atoms with Gasteiger partial charge in [-0.3, -0.25) is 29.3 Å². The average Bonchev–Trinajstić information content (AvgIpc) is 2.18. The Balaban J connectivity index is 1.34. The van der Waals surface area contributed by atoms with Crippen LogP contribution < -0.4 is 46.7 Å². The van der Waals surface area contributed by atoms with Crippen LogP contribution in [0.15, 0.2) is 66.3 Å². The summed E-state index contributed by atoms with van der Waals surface area (Å²) < 4.78 is 40.4. The maximum Gasteiger partial charge on any atom is 0.409 e. The molecule has 2 aromatic carbocycles. The molecule has 8 amide bonds. The summed E-state index contributed by atoms with van der Waals surface area (Å²) in [4.78, 5) is 123. The van der Waals surface area contributed by atoms with Crippen molar-refractivity contribution < 1.29 is 81.4 Å². The Morgan fingerprint density at radius 1 is 1.00 bits per heavy atom. The molecule has 3 aliphatic rings. The van der Waals surface area contributed by atoms with Gasteiger partial charge in [-0.1, -0.05) is 78.7 Å². The summed E-state index contributed by atoms with van der Waals surface area (Å²) in [5.74, 6) is -5.18. The van der Waals surface area contributed by atoms with Crippen LogP contribution in [0.3, 0.4) is 0 Å². The number of rotatable bonds is 25. The molecule has 0 spiro atoms. The van der Waals surface area contributed by atoms with Gasteiger partial charge >= 0.3 is 24.1 Å². The Kier molecular flexibility index (Phi) is 26.2. The number of allylic oxidation sites excluding steroid dienone is 3. The maximum absolute atomic E-state index is 14.5. The number of carbonyl (C=O) groups excluding carboxylic acids is 9. The fourth-order valence-electron chi connectivity index (χ4n) is 10.3. The van der Waals surface area contributed by atoms with Crippen molar-refractivity contribution in [3.8, 4) is 11.5 Å². The number of nitrogens with two attached hydrogens (primary N) is 1. The number of halogens is 2. The van der Waals surface area contributed by atoms with Gasteiger partial charge in [-0.25, -0.2) is 19.2 Å². The van der Waals surface area contributed by atoms with Gasteiger partial charge in [-0.2, -0.15) is 0 Å². The predicted octanol–water partition coefficient (Wildman–Crippen LogP) is 5.90. The third-order valence-corrected chi connectivity index (χ3v) is 16.8. The van der Waals surface area contributed by atoms with Gasteiger partial charge in [-0.15, -0.1) is 0 Å². The number of likely N-dealkylation sites (N-methyl/N-ethyl adjacent to an activating group) is 1. The first-order valence-electron chi connectivity index (χ1n) is 28.9. The van der Waals surface area contributed by atoms with Crippen molar-refractivity contribution in [2.75, 3.05) is 64.1 Å². The van der Waals surface area contributed by atoms with Crippen molar-refractivity contribution in [1.82, 2.24) is 26.2 Å². The van der Waals surface area contributed by atoms with Crippen molar-refractivity contribution in [1.29, 1.82) is 0 Å². The number of fused-ring (bicyclic) bond motifs is 5. The van der Waals surface area contributed by atoms with Gasteiger partial charge in [0, 0.05) is 69.2 Å². The van der Waals surface area contributed by atoms with Crippen LogP contribution in [-0.4, -0.2) is 171 Å². The monoisotopic (exact) mass is 1310 g/mol. The number of hydrogen-bond acceptors (Lipinski definition) is 17. The van der Waals surface area contributed by atoms with Gasteiger partial charge in [0.1, 0.15) is 58.6 Å². The summed E-state index contributed by atoms with van der Waals surface area (Å²) in [6, 6.07) is 3.31. The molecular weight excluding hydrogens is 1230 g/mol. The zero-order chi connectivity index (χ0) is 65.4. The summed E-state index contributed by atoms with van der Waals surface area (Å²) >= 11 is 10.0. The molecule has 0 radical (unpaired) electrons. The van der Waals surface area contributed by atoms with E-state index in [0.717, 1.165) is 16.0 Å². The molecule has 27 heteroatoms. The van der Waals surface area contributed by atoms with Crippen molar-refractivity contribution in [3.05, 3.63) is 82.4 Å². The second-order valence-corrected chi connectivity index (χ2v) is 23.6. The van der Waals surface area contributed by atoms with E-state index in [1.165, 1.54) is 65.4 Å². The minimum atomic E-state index is -1.92. The van der Waals surface area contributed by atoms with Crippen LogP contribution in [0.5, 0.6) is 11.5 Å². The number of primary amides is 1. The number of nitrogens with one attached hydrogen (secondary N) is 5. The molecule has 5 rings (SSSR count). The Morgan fingerprint density at radius 2 is 1.70 bits per heavy atom. The molecule has 10 atom stereocenters. The van der Waals surface area contributed by atoms with Crippen LogP contribution in [0.2, 0.25) is 5.02 Å². The second kappa shape index (κ2) is 32.3. The van der Waals surface area contributed by atoms with Crippen LogP contribution in [0, 0.1) is 11.8 Å². The number of carbonyl (C=O) groups is 9. The third-order valence-electron chi connectivity index (χ3n) is 15.7. The number of epoxide rings is 1. The number of aliphatic hydroxyl groups is 1. The summed E-state index contributed by atoms with van der Waals surface area (Å²) in [6.45, 7) is 14.0. The Labute approximate surface area is 526 Å². The first kappa shape index (κ1) is 71.5. The zero-order valence-corrected chi connectivity index (χ0v) is 54.1. The SMILES string of the molecule is C=C(CBr)C(=O)OCCCCCC(=O)N[C@H](C(=O)N[C@@H](CCCNC(N)=O)C(=O)Nc1ccc(C(=O)N(C)[C@@H](C)C(=O)O[C@H]2CC(=O)N(C)c3cc(cc(OC)c3Cl)C/C(C)=C/C=C/[C@@H](OC)[C@@]3(O)C[C@H](OC(=O)N3)[C@@H](C)[C@@H]3O[C@@]23C)c(OC)c1)C(C)C. The first-order chi connectivity index (χ1) is 41.5. The van der Waals surface area contributed by atoms with E-state index in [-0.39, 0.29) is 71.8 Å². The molecule has 484 valence electrons. The van der Waals surface area contributed by atoms with Gasteiger partial charge < -0.3 is 75.1 Å². The van der Waals surface area contributed by atoms with Crippen molar-refractivity contribution in [3.63, 3.8) is 0 Å². The topological polar surface area (TPSA) is 334 Å². The van der Waals surface area contributed by atoms with Crippen molar-refractivity contribution >= 4 is 92.5 Å². The normalized spacial score (nSPS) is 23.8. The molecule has 3 aliphatic heterocycles. The van der Waals surface area contributed by atoms with Gasteiger partial charge in [0.2, 0.25) is 23.6 Å². The fraction of sp³-hybridized carbons (Fsp3) is 0.557. The number of alkyl carbamates (subject to hydrolysis) is 1. The van der Waals surface area contributed by atoms with E-state index in [9.17, 15) is 48.3 Å². The smallest absolute Gasteiger partial charge is 0.409 e. The molecular formula is C61H84BrClN8O17. The highest BCUT2D eigenvalue weighted by molar-refractivity contribution is 9.09. The first-order valence-corrected chi connectivity index (χ1v) is 30.4. The van der Waals surface area contributed by atoms with Crippen LogP contribution >= 0.6 is 27.5 Å². The number of alkyl halides is 1. The van der Waals surface area contributed by atoms with Gasteiger partial charge in [0.05, 0.1) is 44.6 Å². The highest BCUT2D eigenvalue weighted by atomic mass is 79.9. The number of unbranched alkanes of at least 4 members (excludes halogenated alkanes) is 2. The minimum absolute atomic E-state index is 0.0154. The summed E-state index contributed by atoms with van der Waals surface area (Å²) in [5.41, 5.74) is 4.26. The van der Waals surface area contributed by atoms with E-state index < -0.39 is 126 Å². The number of amides is 8. The minimum Gasteiger partial charge on any atom is -0.496 e. The zero-order valence-electron chi connectivity index (χ0n) is 51.7. The lowest BCUT2D eigenvalue weighted by Crippen LogP contribution is -2.63. The number of benzene rings is 2. The van der Waals surface area contributed by atoms with Gasteiger partial charge in [-0.05, 0) is 95.0 Å². The largest absolute Gasteiger partial charge is 0.496 e. The van der Waals surface area contributed by atoms with E-state index in [0.29, 0.717) is 37.1 Å². The van der Waals surface area contributed by atoms with Gasteiger partial charge in [0.15, 0.2) is 5.72 Å². The highest BCUT2D eigenvalue weighted by Crippen LogP contribution is 2.49. The molecule has 0 saturated carbocycles. The third kappa shape index (κ3) is 18.9. The predicted molar refractivity (Wildman–Crippen MR) is 330 cm³/mol. The number of methoxy groups -OCH3 is 3. The molecule has 2 saturated heterocycles. The maximum atomic E-state index is 14.5. The van der Waals surface area contributed by atoms with E-state index in [4.69, 9.17) is 50.5 Å². The van der Waals surface area contributed by atoms with E-state index in [2.05, 4.69) is 49.1 Å². The van der Waals surface area contributed by atoms with E-state index in [1.807, 2.05) is 13.0 Å². The number of anilines is 2. The Bertz CT molecular complexity index is 2980. The van der Waals surface area contributed by atoms with Crippen LogP contribution in [0.25, 0.3) is 0 Å². The molecule has 0 unspecified atom stereocenters. The summed E-state index contributed by atoms with van der Waals surface area (Å²) in [7, 11) is 7.03. The summed E-state index contributed by atoms with van der Waals surface area (Å²) in [6.07, 6.45) is 1.77. The lowest BCUT2D eigenvalue weighted by atomic mass is 9.83. The average molecular weight is 1320 g/mol. The Morgan fingerprint density at radius 3 is 2.35 bits per heavy atom. The molecule has 4 bridgehead atoms. The van der Waals surface area contributed by atoms with Crippen molar-refractivity contribution in [2.45, 2.75) is 153 Å². The number of nitrogens with zero attached hydrogens (tertiary/aromatic N) is 2. The molecule has 2 aromatic rings. The van der Waals surface area contributed by atoms with Crippen molar-refractivity contribution in [2.24, 2.45) is 17.6 Å². The second-order valence-electron chi connectivity index (χ2n) is 22.7. The van der Waals surface area contributed by atoms with Crippen LogP contribution in [-0.2, 0) is 58.9 Å². The molecule has 8 N–H and O–H groups in total. The van der Waals surface area contributed by atoms with Crippen LogP contribution in [0.1, 0.15) is 109 Å². The lowest BCUT2D eigenvalue weighted by Gasteiger charge is -2.42. The lowest BCUT2D eigenvalue weighted by molar-refractivity contribution is -0.158. The number of hydrogen-bond donors (Lipinski definition) is 7. The molecule has 25 nitrogen and oxygen atoms in total. The molecule has 0 aromatic heterocycles. The number of esters is 2.